The number of carbonyl (C=O) groups excluding carboxylic acids is 1. The predicted octanol–water partition coefficient (Wildman–Crippen LogP) is 1.95. The number of amides is 1. The molecule has 0 unspecified atom stereocenters. The van der Waals surface area contributed by atoms with E-state index in [2.05, 4.69) is 31.5 Å². The van der Waals surface area contributed by atoms with Gasteiger partial charge in [-0.2, -0.15) is 5.10 Å². The van der Waals surface area contributed by atoms with E-state index in [4.69, 9.17) is 0 Å². The second-order valence-electron chi connectivity index (χ2n) is 5.61. The highest BCUT2D eigenvalue weighted by Gasteiger charge is 2.16. The van der Waals surface area contributed by atoms with Crippen LogP contribution < -0.4 is 10.2 Å². The van der Waals surface area contributed by atoms with Gasteiger partial charge in [0.25, 0.3) is 0 Å². The van der Waals surface area contributed by atoms with E-state index in [1.54, 1.807) is 6.20 Å². The zero-order valence-electron chi connectivity index (χ0n) is 12.6. The average Bonchev–Trinajstić information content (AvgIpc) is 2.90. The summed E-state index contributed by atoms with van der Waals surface area (Å²) in [6.07, 6.45) is 2.30. The molecule has 0 bridgehead atoms. The number of anilines is 1. The van der Waals surface area contributed by atoms with Gasteiger partial charge in [0.15, 0.2) is 0 Å². The molecule has 1 aliphatic heterocycles. The SMILES string of the molecule is O=C1CCN(c2cc(-c3n[nH]c4ccccc34)ccn2)CCN1. The fraction of sp³-hybridized carbons (Fsp3) is 0.235. The summed E-state index contributed by atoms with van der Waals surface area (Å²) in [7, 11) is 0. The van der Waals surface area contributed by atoms with Crippen LogP contribution in [-0.4, -0.2) is 40.7 Å². The molecule has 23 heavy (non-hydrogen) atoms. The van der Waals surface area contributed by atoms with Gasteiger partial charge in [-0.1, -0.05) is 18.2 Å². The lowest BCUT2D eigenvalue weighted by Crippen LogP contribution is -2.28. The Morgan fingerprint density at radius 1 is 1.13 bits per heavy atom. The lowest BCUT2D eigenvalue weighted by atomic mass is 10.1. The van der Waals surface area contributed by atoms with E-state index in [-0.39, 0.29) is 5.91 Å². The molecule has 1 amide bonds. The van der Waals surface area contributed by atoms with Crippen molar-refractivity contribution in [1.29, 1.82) is 0 Å². The number of hydrogen-bond acceptors (Lipinski definition) is 4. The zero-order valence-corrected chi connectivity index (χ0v) is 12.6. The lowest BCUT2D eigenvalue weighted by Gasteiger charge is -2.20. The Balaban J connectivity index is 1.70. The van der Waals surface area contributed by atoms with Gasteiger partial charge in [0.1, 0.15) is 11.5 Å². The molecule has 0 atom stereocenters. The van der Waals surface area contributed by atoms with E-state index in [1.807, 2.05) is 30.3 Å². The molecule has 6 nitrogen and oxygen atoms in total. The first-order valence-electron chi connectivity index (χ1n) is 7.72. The zero-order chi connectivity index (χ0) is 15.6. The first-order chi connectivity index (χ1) is 11.3. The summed E-state index contributed by atoms with van der Waals surface area (Å²) in [5.74, 6) is 0.980. The van der Waals surface area contributed by atoms with Crippen LogP contribution in [0.25, 0.3) is 22.2 Å². The Morgan fingerprint density at radius 2 is 2.04 bits per heavy atom. The highest BCUT2D eigenvalue weighted by atomic mass is 16.1. The Kier molecular flexibility index (Phi) is 3.42. The molecule has 3 aromatic rings. The van der Waals surface area contributed by atoms with Crippen LogP contribution in [0.5, 0.6) is 0 Å². The number of rotatable bonds is 2. The van der Waals surface area contributed by atoms with Gasteiger partial charge in [0.2, 0.25) is 5.91 Å². The predicted molar refractivity (Wildman–Crippen MR) is 89.2 cm³/mol. The second-order valence-corrected chi connectivity index (χ2v) is 5.61. The van der Waals surface area contributed by atoms with Crippen LogP contribution in [0, 0.1) is 0 Å². The van der Waals surface area contributed by atoms with Crippen molar-refractivity contribution in [2.45, 2.75) is 6.42 Å². The summed E-state index contributed by atoms with van der Waals surface area (Å²) in [6.45, 7) is 2.10. The highest BCUT2D eigenvalue weighted by Crippen LogP contribution is 2.28. The number of aromatic amines is 1. The number of pyridine rings is 1. The summed E-state index contributed by atoms with van der Waals surface area (Å²) in [4.78, 5) is 18.1. The van der Waals surface area contributed by atoms with Crippen molar-refractivity contribution >= 4 is 22.6 Å². The van der Waals surface area contributed by atoms with Crippen molar-refractivity contribution in [3.63, 3.8) is 0 Å². The van der Waals surface area contributed by atoms with Crippen molar-refractivity contribution in [1.82, 2.24) is 20.5 Å². The molecule has 0 spiro atoms. The third-order valence-electron chi connectivity index (χ3n) is 4.13. The minimum Gasteiger partial charge on any atom is -0.354 e. The molecule has 1 fully saturated rings. The Labute approximate surface area is 133 Å². The molecule has 2 N–H and O–H groups in total. The number of H-pyrrole nitrogens is 1. The van der Waals surface area contributed by atoms with Crippen LogP contribution in [0.2, 0.25) is 0 Å². The van der Waals surface area contributed by atoms with Crippen LogP contribution in [0.1, 0.15) is 6.42 Å². The molecular formula is C17H17N5O. The Bertz CT molecular complexity index is 857. The molecule has 116 valence electrons. The number of aromatic nitrogens is 3. The molecular weight excluding hydrogens is 290 g/mol. The fourth-order valence-electron chi connectivity index (χ4n) is 2.92. The van der Waals surface area contributed by atoms with E-state index < -0.39 is 0 Å². The van der Waals surface area contributed by atoms with Gasteiger partial charge in [-0.05, 0) is 18.2 Å². The molecule has 1 saturated heterocycles. The number of nitrogens with zero attached hydrogens (tertiary/aromatic N) is 3. The number of para-hydroxylation sites is 1. The van der Waals surface area contributed by atoms with Crippen molar-refractivity contribution in [2.75, 3.05) is 24.5 Å². The van der Waals surface area contributed by atoms with Gasteiger partial charge in [-0.25, -0.2) is 4.98 Å². The van der Waals surface area contributed by atoms with Crippen molar-refractivity contribution in [3.05, 3.63) is 42.6 Å². The molecule has 1 aliphatic rings. The summed E-state index contributed by atoms with van der Waals surface area (Å²) < 4.78 is 0. The van der Waals surface area contributed by atoms with Crippen molar-refractivity contribution in [3.8, 4) is 11.3 Å². The number of benzene rings is 1. The molecule has 0 radical (unpaired) electrons. The van der Waals surface area contributed by atoms with Crippen molar-refractivity contribution < 1.29 is 4.79 Å². The van der Waals surface area contributed by atoms with E-state index in [0.29, 0.717) is 19.5 Å². The third-order valence-corrected chi connectivity index (χ3v) is 4.13. The van der Waals surface area contributed by atoms with E-state index in [9.17, 15) is 4.79 Å². The fourth-order valence-corrected chi connectivity index (χ4v) is 2.92. The Hall–Kier alpha value is -2.89. The summed E-state index contributed by atoms with van der Waals surface area (Å²) in [6, 6.07) is 12.1. The monoisotopic (exact) mass is 307 g/mol. The molecule has 2 aromatic heterocycles. The molecule has 0 aliphatic carbocycles. The van der Waals surface area contributed by atoms with Crippen LogP contribution >= 0.6 is 0 Å². The van der Waals surface area contributed by atoms with Crippen LogP contribution in [-0.2, 0) is 4.79 Å². The summed E-state index contributed by atoms with van der Waals surface area (Å²) in [5, 5.41) is 11.5. The Morgan fingerprint density at radius 3 is 3.00 bits per heavy atom. The maximum atomic E-state index is 11.5. The maximum Gasteiger partial charge on any atom is 0.221 e. The van der Waals surface area contributed by atoms with Crippen LogP contribution in [0.4, 0.5) is 5.82 Å². The van der Waals surface area contributed by atoms with Gasteiger partial charge in [-0.15, -0.1) is 0 Å². The van der Waals surface area contributed by atoms with Crippen LogP contribution in [0.15, 0.2) is 42.6 Å². The minimum absolute atomic E-state index is 0.0990. The molecule has 0 saturated carbocycles. The minimum atomic E-state index is 0.0990. The topological polar surface area (TPSA) is 73.9 Å². The van der Waals surface area contributed by atoms with Crippen LogP contribution in [0.3, 0.4) is 0 Å². The highest BCUT2D eigenvalue weighted by molar-refractivity contribution is 5.93. The molecule has 3 heterocycles. The van der Waals surface area contributed by atoms with E-state index >= 15 is 0 Å². The third kappa shape index (κ3) is 2.63. The lowest BCUT2D eigenvalue weighted by molar-refractivity contribution is -0.120. The largest absolute Gasteiger partial charge is 0.354 e. The smallest absolute Gasteiger partial charge is 0.221 e. The first kappa shape index (κ1) is 13.8. The van der Waals surface area contributed by atoms with Gasteiger partial charge in [0, 0.05) is 43.2 Å². The standard InChI is InChI=1S/C17H17N5O/c23-16-6-9-22(10-8-19-16)15-11-12(5-7-18-15)17-13-3-1-2-4-14(13)20-21-17/h1-5,7,11H,6,8-10H2,(H,19,23)(H,20,21). The van der Waals surface area contributed by atoms with Gasteiger partial charge < -0.3 is 10.2 Å². The number of carbonyl (C=O) groups is 1. The van der Waals surface area contributed by atoms with E-state index in [0.717, 1.165) is 34.5 Å². The van der Waals surface area contributed by atoms with Gasteiger partial charge in [0.05, 0.1) is 5.52 Å². The summed E-state index contributed by atoms with van der Waals surface area (Å²) >= 11 is 0. The number of nitrogens with one attached hydrogen (secondary N) is 2. The first-order valence-corrected chi connectivity index (χ1v) is 7.72. The normalized spacial score (nSPS) is 15.5. The van der Waals surface area contributed by atoms with Gasteiger partial charge >= 0.3 is 0 Å². The summed E-state index contributed by atoms with van der Waals surface area (Å²) in [5.41, 5.74) is 2.97. The second kappa shape index (κ2) is 5.72. The van der Waals surface area contributed by atoms with Crippen molar-refractivity contribution in [2.24, 2.45) is 0 Å². The average molecular weight is 307 g/mol. The molecule has 4 rings (SSSR count). The maximum absolute atomic E-state index is 11.5. The quantitative estimate of drug-likeness (QED) is 0.759. The molecule has 1 aromatic carbocycles. The number of hydrogen-bond donors (Lipinski definition) is 2. The molecule has 6 heteroatoms. The van der Waals surface area contributed by atoms with E-state index in [1.165, 1.54) is 0 Å². The van der Waals surface area contributed by atoms with Gasteiger partial charge in [-0.3, -0.25) is 9.89 Å². The number of fused-ring (bicyclic) bond motifs is 1.